The summed E-state index contributed by atoms with van der Waals surface area (Å²) in [5.41, 5.74) is -0.818. The van der Waals surface area contributed by atoms with Crippen LogP contribution in [-0.4, -0.2) is 45.2 Å². The second kappa shape index (κ2) is 10.8. The molecule has 150 valence electrons. The lowest BCUT2D eigenvalue weighted by Gasteiger charge is -2.26. The molecule has 0 radical (unpaired) electrons. The largest absolute Gasteiger partial charge is 0.468 e. The van der Waals surface area contributed by atoms with E-state index in [2.05, 4.69) is 6.92 Å². The van der Waals surface area contributed by atoms with Crippen LogP contribution >= 0.6 is 0 Å². The average molecular weight is 378 g/mol. The monoisotopic (exact) mass is 378 g/mol. The number of hydrogen-bond donors (Lipinski definition) is 0. The van der Waals surface area contributed by atoms with E-state index in [0.717, 1.165) is 12.0 Å². The van der Waals surface area contributed by atoms with E-state index in [9.17, 15) is 14.4 Å². The number of esters is 2. The van der Waals surface area contributed by atoms with Crippen molar-refractivity contribution in [2.75, 3.05) is 21.3 Å². The van der Waals surface area contributed by atoms with E-state index in [1.165, 1.54) is 20.3 Å². The molecule has 27 heavy (non-hydrogen) atoms. The highest BCUT2D eigenvalue weighted by molar-refractivity contribution is 6.06. The zero-order valence-corrected chi connectivity index (χ0v) is 16.8. The Morgan fingerprint density at radius 1 is 1.11 bits per heavy atom. The van der Waals surface area contributed by atoms with Gasteiger partial charge in [0, 0.05) is 19.4 Å². The Bertz CT molecular complexity index is 613. The van der Waals surface area contributed by atoms with Gasteiger partial charge in [0.25, 0.3) is 0 Å². The minimum atomic E-state index is -1.69. The highest BCUT2D eigenvalue weighted by Crippen LogP contribution is 2.32. The fraction of sp³-hybridized carbons (Fsp3) is 0.571. The Morgan fingerprint density at radius 2 is 1.74 bits per heavy atom. The van der Waals surface area contributed by atoms with E-state index in [0.29, 0.717) is 6.42 Å². The molecule has 0 aromatic heterocycles. The summed E-state index contributed by atoms with van der Waals surface area (Å²) in [7, 11) is 4.07. The Kier molecular flexibility index (Phi) is 9.15. The maximum Gasteiger partial charge on any atom is 0.324 e. The third-order valence-corrected chi connectivity index (χ3v) is 4.88. The smallest absolute Gasteiger partial charge is 0.324 e. The highest BCUT2D eigenvalue weighted by atomic mass is 16.5. The molecule has 0 N–H and O–H groups in total. The van der Waals surface area contributed by atoms with Crippen LogP contribution in [0.1, 0.15) is 39.5 Å². The molecule has 6 heteroatoms. The van der Waals surface area contributed by atoms with Crippen molar-refractivity contribution >= 4 is 17.7 Å². The number of ether oxygens (including phenoxy) is 3. The van der Waals surface area contributed by atoms with Gasteiger partial charge >= 0.3 is 11.9 Å². The predicted octanol–water partition coefficient (Wildman–Crippen LogP) is 3.17. The van der Waals surface area contributed by atoms with Gasteiger partial charge in [-0.15, -0.1) is 0 Å². The summed E-state index contributed by atoms with van der Waals surface area (Å²) in [6.07, 6.45) is 9.98. The van der Waals surface area contributed by atoms with Crippen LogP contribution in [0.5, 0.6) is 0 Å². The quantitative estimate of drug-likeness (QED) is 0.554. The van der Waals surface area contributed by atoms with E-state index in [1.807, 2.05) is 19.1 Å². The Labute approximate surface area is 161 Å². The van der Waals surface area contributed by atoms with Crippen molar-refractivity contribution in [3.05, 3.63) is 36.0 Å². The van der Waals surface area contributed by atoms with E-state index < -0.39 is 17.4 Å². The minimum absolute atomic E-state index is 0.0113. The van der Waals surface area contributed by atoms with Gasteiger partial charge < -0.3 is 14.2 Å². The number of hydrogen-bond acceptors (Lipinski definition) is 6. The van der Waals surface area contributed by atoms with Crippen molar-refractivity contribution in [2.24, 2.45) is 11.3 Å². The van der Waals surface area contributed by atoms with Gasteiger partial charge in [-0.2, -0.15) is 0 Å². The lowest BCUT2D eigenvalue weighted by molar-refractivity contribution is -0.170. The Hall–Kier alpha value is -2.21. The number of ketones is 1. The number of methoxy groups -OCH3 is 3. The van der Waals surface area contributed by atoms with Crippen LogP contribution in [0.4, 0.5) is 0 Å². The molecule has 0 spiro atoms. The molecule has 0 fully saturated rings. The molecule has 0 aromatic rings. The molecule has 0 saturated carbocycles. The summed E-state index contributed by atoms with van der Waals surface area (Å²) >= 11 is 0. The normalized spacial score (nSPS) is 28.2. The van der Waals surface area contributed by atoms with Crippen LogP contribution in [0.15, 0.2) is 36.0 Å². The summed E-state index contributed by atoms with van der Waals surface area (Å²) in [4.78, 5) is 37.4. The molecule has 1 rings (SSSR count). The van der Waals surface area contributed by atoms with Crippen molar-refractivity contribution in [1.29, 1.82) is 0 Å². The second-order valence-electron chi connectivity index (χ2n) is 6.89. The van der Waals surface area contributed by atoms with Crippen molar-refractivity contribution in [1.82, 2.24) is 0 Å². The van der Waals surface area contributed by atoms with Gasteiger partial charge in [-0.1, -0.05) is 36.8 Å². The van der Waals surface area contributed by atoms with E-state index in [1.54, 1.807) is 19.3 Å². The number of allylic oxidation sites excluding steroid dienone is 5. The minimum Gasteiger partial charge on any atom is -0.468 e. The fourth-order valence-corrected chi connectivity index (χ4v) is 3.23. The van der Waals surface area contributed by atoms with Crippen molar-refractivity contribution in [2.45, 2.75) is 45.6 Å². The summed E-state index contributed by atoms with van der Waals surface area (Å²) < 4.78 is 15.2. The molecule has 0 aromatic carbocycles. The molecule has 6 nitrogen and oxygen atoms in total. The summed E-state index contributed by atoms with van der Waals surface area (Å²) in [5.74, 6) is -1.69. The SMILES string of the molecule is COC(=O)C1(C(=O)OC)C/C=C/C=C/[C@H](C)[C@@H](OC)CC/C(C)=C\C(=O)C1. The summed E-state index contributed by atoms with van der Waals surface area (Å²) in [6.45, 7) is 3.91. The molecule has 1 aliphatic carbocycles. The van der Waals surface area contributed by atoms with Gasteiger partial charge in [0.2, 0.25) is 0 Å². The summed E-state index contributed by atoms with van der Waals surface area (Å²) in [5, 5.41) is 0. The number of rotatable bonds is 3. The maximum atomic E-state index is 12.6. The van der Waals surface area contributed by atoms with Gasteiger partial charge in [0.15, 0.2) is 11.2 Å². The first-order valence-electron chi connectivity index (χ1n) is 9.03. The lowest BCUT2D eigenvalue weighted by atomic mass is 9.79. The van der Waals surface area contributed by atoms with Gasteiger partial charge in [-0.3, -0.25) is 14.4 Å². The topological polar surface area (TPSA) is 78.9 Å². The molecular weight excluding hydrogens is 348 g/mol. The van der Waals surface area contributed by atoms with Crippen LogP contribution in [-0.2, 0) is 28.6 Å². The van der Waals surface area contributed by atoms with Gasteiger partial charge in [-0.05, 0) is 32.3 Å². The van der Waals surface area contributed by atoms with Crippen LogP contribution in [0, 0.1) is 11.3 Å². The van der Waals surface area contributed by atoms with Crippen molar-refractivity contribution < 1.29 is 28.6 Å². The Balaban J connectivity index is 3.32. The van der Waals surface area contributed by atoms with Gasteiger partial charge in [0.1, 0.15) is 0 Å². The van der Waals surface area contributed by atoms with E-state index in [-0.39, 0.29) is 30.6 Å². The standard InChI is InChI=1S/C21H30O6/c1-15-10-11-18(25-3)16(2)9-7-6-8-12-21(19(23)26-4,20(24)27-5)14-17(22)13-15/h6-9,13,16,18H,10-12,14H2,1-5H3/b8-6+,9-7+,15-13-/t16-,18-/m0/s1. The van der Waals surface area contributed by atoms with Crippen molar-refractivity contribution in [3.63, 3.8) is 0 Å². The van der Waals surface area contributed by atoms with Crippen LogP contribution in [0.2, 0.25) is 0 Å². The zero-order valence-electron chi connectivity index (χ0n) is 16.8. The van der Waals surface area contributed by atoms with Crippen LogP contribution < -0.4 is 0 Å². The molecule has 1 aliphatic rings. The molecule has 0 bridgehead atoms. The first-order chi connectivity index (χ1) is 12.8. The zero-order chi connectivity index (χ0) is 20.4. The predicted molar refractivity (Wildman–Crippen MR) is 102 cm³/mol. The number of carbonyl (C=O) groups excluding carboxylic acids is 3. The van der Waals surface area contributed by atoms with Gasteiger partial charge in [0.05, 0.1) is 20.3 Å². The van der Waals surface area contributed by atoms with Crippen LogP contribution in [0.25, 0.3) is 0 Å². The molecule has 0 unspecified atom stereocenters. The van der Waals surface area contributed by atoms with E-state index >= 15 is 0 Å². The first kappa shape index (κ1) is 22.8. The lowest BCUT2D eigenvalue weighted by Crippen LogP contribution is -2.42. The van der Waals surface area contributed by atoms with Crippen LogP contribution in [0.3, 0.4) is 0 Å². The third-order valence-electron chi connectivity index (χ3n) is 4.88. The molecule has 0 saturated heterocycles. The fourth-order valence-electron chi connectivity index (χ4n) is 3.23. The second-order valence-corrected chi connectivity index (χ2v) is 6.89. The maximum absolute atomic E-state index is 12.6. The molecule has 0 heterocycles. The average Bonchev–Trinajstić information content (AvgIpc) is 2.65. The third kappa shape index (κ3) is 6.17. The Morgan fingerprint density at radius 3 is 2.30 bits per heavy atom. The molecule has 0 amide bonds. The number of carbonyl (C=O) groups is 3. The van der Waals surface area contributed by atoms with Gasteiger partial charge in [-0.25, -0.2) is 0 Å². The van der Waals surface area contributed by atoms with E-state index in [4.69, 9.17) is 14.2 Å². The molecule has 2 atom stereocenters. The summed E-state index contributed by atoms with van der Waals surface area (Å²) in [6, 6.07) is 0. The highest BCUT2D eigenvalue weighted by Gasteiger charge is 2.48. The first-order valence-corrected chi connectivity index (χ1v) is 9.03. The molecular formula is C21H30O6. The van der Waals surface area contributed by atoms with Crippen molar-refractivity contribution in [3.8, 4) is 0 Å². The molecule has 0 aliphatic heterocycles.